The third-order valence-electron chi connectivity index (χ3n) is 4.69. The summed E-state index contributed by atoms with van der Waals surface area (Å²) in [4.78, 5) is 12.9. The van der Waals surface area contributed by atoms with Gasteiger partial charge in [0, 0.05) is 12.6 Å². The van der Waals surface area contributed by atoms with Crippen LogP contribution in [0, 0.1) is 12.7 Å². The van der Waals surface area contributed by atoms with Crippen molar-refractivity contribution >= 4 is 17.7 Å². The van der Waals surface area contributed by atoms with E-state index in [1.807, 2.05) is 24.5 Å². The van der Waals surface area contributed by atoms with Gasteiger partial charge in [0.05, 0.1) is 11.8 Å². The van der Waals surface area contributed by atoms with Gasteiger partial charge in [-0.2, -0.15) is 0 Å². The number of nitrogens with one attached hydrogen (secondary N) is 1. The Kier molecular flexibility index (Phi) is 5.21. The van der Waals surface area contributed by atoms with E-state index in [1.165, 1.54) is 23.9 Å². The maximum atomic E-state index is 13.4. The van der Waals surface area contributed by atoms with Crippen LogP contribution in [0.1, 0.15) is 36.3 Å². The fourth-order valence-corrected chi connectivity index (χ4v) is 4.11. The summed E-state index contributed by atoms with van der Waals surface area (Å²) in [6, 6.07) is 8.14. The Morgan fingerprint density at radius 1 is 1.32 bits per heavy atom. The van der Waals surface area contributed by atoms with Crippen molar-refractivity contribution in [2.24, 2.45) is 0 Å². The molecule has 1 amide bonds. The van der Waals surface area contributed by atoms with Crippen molar-refractivity contribution in [2.45, 2.75) is 49.7 Å². The van der Waals surface area contributed by atoms with Crippen molar-refractivity contribution in [1.82, 2.24) is 20.1 Å². The number of thioether (sulfide) groups is 1. The molecule has 2 aromatic heterocycles. The van der Waals surface area contributed by atoms with Crippen LogP contribution in [0.3, 0.4) is 0 Å². The van der Waals surface area contributed by atoms with E-state index < -0.39 is 5.25 Å². The van der Waals surface area contributed by atoms with Crippen LogP contribution >= 0.6 is 11.8 Å². The van der Waals surface area contributed by atoms with Gasteiger partial charge in [-0.1, -0.05) is 23.9 Å². The fraction of sp³-hybridized carbons (Fsp3) is 0.350. The van der Waals surface area contributed by atoms with E-state index in [-0.39, 0.29) is 17.8 Å². The monoisotopic (exact) mass is 400 g/mol. The smallest absolute Gasteiger partial charge is 0.238 e. The highest BCUT2D eigenvalue weighted by atomic mass is 32.2. The minimum atomic E-state index is -0.533. The van der Waals surface area contributed by atoms with E-state index >= 15 is 0 Å². The van der Waals surface area contributed by atoms with Gasteiger partial charge in [-0.25, -0.2) is 4.39 Å². The molecular formula is C20H21FN4O2S. The second-order valence-electron chi connectivity index (χ2n) is 6.77. The number of hydrogen-bond acceptors (Lipinski definition) is 5. The molecular weight excluding hydrogens is 379 g/mol. The van der Waals surface area contributed by atoms with Crippen LogP contribution in [0.15, 0.2) is 46.2 Å². The van der Waals surface area contributed by atoms with Gasteiger partial charge in [0.1, 0.15) is 16.8 Å². The molecule has 1 aliphatic carbocycles. The Bertz CT molecular complexity index is 979. The fourth-order valence-electron chi connectivity index (χ4n) is 3.00. The molecule has 0 spiro atoms. The van der Waals surface area contributed by atoms with Gasteiger partial charge in [0.15, 0.2) is 11.0 Å². The predicted octanol–water partition coefficient (Wildman–Crippen LogP) is 4.12. The van der Waals surface area contributed by atoms with E-state index in [1.54, 1.807) is 18.4 Å². The van der Waals surface area contributed by atoms with Gasteiger partial charge in [0.2, 0.25) is 5.91 Å². The van der Waals surface area contributed by atoms with Crippen molar-refractivity contribution in [2.75, 3.05) is 0 Å². The standard InChI is InChI=1S/C20H21FN4O2S/c1-3-25-18(16-10-11-27-12(16)2)23-24-20(25)28-17(19(26)22-15-8-9-15)13-4-6-14(21)7-5-13/h4-7,10-11,15,17H,3,8-9H2,1-2H3,(H,22,26). The lowest BCUT2D eigenvalue weighted by Gasteiger charge is -2.17. The summed E-state index contributed by atoms with van der Waals surface area (Å²) in [7, 11) is 0. The Balaban J connectivity index is 1.66. The van der Waals surface area contributed by atoms with E-state index in [9.17, 15) is 9.18 Å². The molecule has 1 saturated carbocycles. The van der Waals surface area contributed by atoms with E-state index in [0.717, 1.165) is 29.7 Å². The predicted molar refractivity (Wildman–Crippen MR) is 104 cm³/mol. The van der Waals surface area contributed by atoms with Gasteiger partial charge in [-0.05, 0) is 50.5 Å². The van der Waals surface area contributed by atoms with Crippen LogP contribution in [-0.4, -0.2) is 26.7 Å². The summed E-state index contributed by atoms with van der Waals surface area (Å²) in [5.41, 5.74) is 1.61. The Morgan fingerprint density at radius 3 is 2.68 bits per heavy atom. The Hall–Kier alpha value is -2.61. The molecule has 1 atom stereocenters. The molecule has 1 aromatic carbocycles. The van der Waals surface area contributed by atoms with Crippen molar-refractivity contribution in [1.29, 1.82) is 0 Å². The molecule has 3 aromatic rings. The summed E-state index contributed by atoms with van der Waals surface area (Å²) >= 11 is 1.32. The lowest BCUT2D eigenvalue weighted by Crippen LogP contribution is -2.30. The number of halogens is 1. The van der Waals surface area contributed by atoms with Crippen LogP contribution in [0.5, 0.6) is 0 Å². The lowest BCUT2D eigenvalue weighted by atomic mass is 10.1. The third-order valence-corrected chi connectivity index (χ3v) is 5.93. The van der Waals surface area contributed by atoms with Gasteiger partial charge in [-0.15, -0.1) is 10.2 Å². The maximum absolute atomic E-state index is 13.4. The van der Waals surface area contributed by atoms with Gasteiger partial charge < -0.3 is 14.3 Å². The highest BCUT2D eigenvalue weighted by Crippen LogP contribution is 2.37. The molecule has 8 heteroatoms. The number of furan rings is 1. The van der Waals surface area contributed by atoms with E-state index in [0.29, 0.717) is 17.5 Å². The Labute approximate surface area is 166 Å². The average molecular weight is 400 g/mol. The molecule has 0 saturated heterocycles. The number of amides is 1. The molecule has 0 bridgehead atoms. The highest BCUT2D eigenvalue weighted by Gasteiger charge is 2.31. The van der Waals surface area contributed by atoms with Crippen LogP contribution in [0.25, 0.3) is 11.4 Å². The molecule has 1 aliphatic rings. The summed E-state index contributed by atoms with van der Waals surface area (Å²) < 4.78 is 20.7. The van der Waals surface area contributed by atoms with Gasteiger partial charge in [-0.3, -0.25) is 4.79 Å². The largest absolute Gasteiger partial charge is 0.469 e. The van der Waals surface area contributed by atoms with E-state index in [2.05, 4.69) is 15.5 Å². The highest BCUT2D eigenvalue weighted by molar-refractivity contribution is 8.00. The van der Waals surface area contributed by atoms with Crippen molar-refractivity contribution in [3.63, 3.8) is 0 Å². The molecule has 0 radical (unpaired) electrons. The first-order chi connectivity index (χ1) is 13.6. The number of benzene rings is 1. The minimum absolute atomic E-state index is 0.0918. The number of aromatic nitrogens is 3. The van der Waals surface area contributed by atoms with Crippen molar-refractivity contribution in [3.05, 3.63) is 53.7 Å². The molecule has 6 nitrogen and oxygen atoms in total. The quantitative estimate of drug-likeness (QED) is 0.604. The summed E-state index contributed by atoms with van der Waals surface area (Å²) in [6.45, 7) is 4.53. The first-order valence-electron chi connectivity index (χ1n) is 9.27. The van der Waals surface area contributed by atoms with Gasteiger partial charge in [0.25, 0.3) is 0 Å². The Morgan fingerprint density at radius 2 is 2.07 bits per heavy atom. The number of rotatable bonds is 7. The third kappa shape index (κ3) is 3.82. The molecule has 4 rings (SSSR count). The lowest BCUT2D eigenvalue weighted by molar-refractivity contribution is -0.120. The molecule has 2 heterocycles. The zero-order valence-corrected chi connectivity index (χ0v) is 16.5. The maximum Gasteiger partial charge on any atom is 0.238 e. The molecule has 146 valence electrons. The summed E-state index contributed by atoms with van der Waals surface area (Å²) in [5, 5.41) is 11.8. The van der Waals surface area contributed by atoms with Crippen molar-refractivity contribution in [3.8, 4) is 11.4 Å². The van der Waals surface area contributed by atoms with Crippen molar-refractivity contribution < 1.29 is 13.6 Å². The zero-order chi connectivity index (χ0) is 19.7. The first-order valence-corrected chi connectivity index (χ1v) is 10.1. The number of aryl methyl sites for hydroxylation is 1. The first kappa shape index (κ1) is 18.7. The second kappa shape index (κ2) is 7.79. The number of nitrogens with zero attached hydrogens (tertiary/aromatic N) is 3. The molecule has 1 fully saturated rings. The second-order valence-corrected chi connectivity index (χ2v) is 7.85. The minimum Gasteiger partial charge on any atom is -0.469 e. The number of carbonyl (C=O) groups is 1. The number of carbonyl (C=O) groups excluding carboxylic acids is 1. The molecule has 0 aliphatic heterocycles. The topological polar surface area (TPSA) is 73.0 Å². The molecule has 1 N–H and O–H groups in total. The molecule has 28 heavy (non-hydrogen) atoms. The van der Waals surface area contributed by atoms with Gasteiger partial charge >= 0.3 is 0 Å². The van der Waals surface area contributed by atoms with Crippen LogP contribution in [0.2, 0.25) is 0 Å². The average Bonchev–Trinajstić information content (AvgIpc) is 3.25. The summed E-state index contributed by atoms with van der Waals surface area (Å²) in [5.74, 6) is 1.05. The van der Waals surface area contributed by atoms with E-state index in [4.69, 9.17) is 4.42 Å². The normalized spacial score (nSPS) is 14.8. The van der Waals surface area contributed by atoms with Crippen LogP contribution < -0.4 is 5.32 Å². The SMILES string of the molecule is CCn1c(SC(C(=O)NC2CC2)c2ccc(F)cc2)nnc1-c1ccoc1C. The van der Waals surface area contributed by atoms with Crippen LogP contribution in [0.4, 0.5) is 4.39 Å². The van der Waals surface area contributed by atoms with Crippen LogP contribution in [-0.2, 0) is 11.3 Å². The number of hydrogen-bond donors (Lipinski definition) is 1. The summed E-state index contributed by atoms with van der Waals surface area (Å²) in [6.07, 6.45) is 3.62. The zero-order valence-electron chi connectivity index (χ0n) is 15.7. The molecule has 1 unspecified atom stereocenters.